The number of urea groups is 1. The Hall–Kier alpha value is -2.02. The molecular weight excluding hydrogens is 236 g/mol. The third-order valence-electron chi connectivity index (χ3n) is 2.96. The van der Waals surface area contributed by atoms with Gasteiger partial charge in [-0.1, -0.05) is 0 Å². The van der Waals surface area contributed by atoms with Gasteiger partial charge in [-0.2, -0.15) is 0 Å². The molecule has 1 saturated heterocycles. The van der Waals surface area contributed by atoms with E-state index < -0.39 is 5.91 Å². The number of nitrogens with two attached hydrogens (primary N) is 1. The van der Waals surface area contributed by atoms with E-state index in [9.17, 15) is 9.59 Å². The molecule has 0 radical (unpaired) electrons. The molecular formula is C11H16N4O3. The van der Waals surface area contributed by atoms with Gasteiger partial charge in [-0.25, -0.2) is 10.6 Å². The highest BCUT2D eigenvalue weighted by molar-refractivity contribution is 5.92. The van der Waals surface area contributed by atoms with E-state index in [0.717, 1.165) is 0 Å². The molecule has 7 nitrogen and oxygen atoms in total. The minimum atomic E-state index is -0.469. The van der Waals surface area contributed by atoms with Gasteiger partial charge in [0.15, 0.2) is 5.76 Å². The highest BCUT2D eigenvalue weighted by atomic mass is 16.4. The van der Waals surface area contributed by atoms with E-state index in [4.69, 9.17) is 10.3 Å². The summed E-state index contributed by atoms with van der Waals surface area (Å²) in [5.74, 6) is 5.35. The maximum Gasteiger partial charge on any atom is 0.320 e. The highest BCUT2D eigenvalue weighted by Gasteiger charge is 2.26. The van der Waals surface area contributed by atoms with Gasteiger partial charge in [0.25, 0.3) is 0 Å². The van der Waals surface area contributed by atoms with Gasteiger partial charge in [-0.15, -0.1) is 0 Å². The summed E-state index contributed by atoms with van der Waals surface area (Å²) in [6.07, 6.45) is 0. The topological polar surface area (TPSA) is 91.8 Å². The van der Waals surface area contributed by atoms with Gasteiger partial charge in [-0.3, -0.25) is 10.2 Å². The number of nitrogens with zero attached hydrogens (tertiary/aromatic N) is 2. The highest BCUT2D eigenvalue weighted by Crippen LogP contribution is 2.18. The standard InChI is InChI=1S/C11H16N4O3/c1-7-5-8(18-9(7)10(16)13-12)6-15-4-3-14(2)11(15)17/h5H,3-4,6,12H2,1-2H3,(H,13,16). The number of carbonyl (C=O) groups excluding carboxylic acids is 2. The van der Waals surface area contributed by atoms with Crippen molar-refractivity contribution in [1.29, 1.82) is 0 Å². The molecule has 3 amide bonds. The zero-order valence-corrected chi connectivity index (χ0v) is 10.4. The first-order valence-electron chi connectivity index (χ1n) is 5.63. The van der Waals surface area contributed by atoms with Crippen LogP contribution in [0.2, 0.25) is 0 Å². The molecule has 7 heteroatoms. The first kappa shape index (κ1) is 12.4. The number of amides is 3. The summed E-state index contributed by atoms with van der Waals surface area (Å²) in [6.45, 7) is 3.49. The molecule has 18 heavy (non-hydrogen) atoms. The number of nitrogens with one attached hydrogen (secondary N) is 1. The molecule has 0 bridgehead atoms. The smallest absolute Gasteiger partial charge is 0.320 e. The number of rotatable bonds is 3. The predicted octanol–water partition coefficient (Wildman–Crippen LogP) is 0.0589. The average molecular weight is 252 g/mol. The third kappa shape index (κ3) is 2.17. The Morgan fingerprint density at radius 3 is 2.83 bits per heavy atom. The molecule has 3 N–H and O–H groups in total. The summed E-state index contributed by atoms with van der Waals surface area (Å²) in [7, 11) is 1.75. The van der Waals surface area contributed by atoms with Gasteiger partial charge < -0.3 is 14.2 Å². The molecule has 2 rings (SSSR count). The fraction of sp³-hybridized carbons (Fsp3) is 0.455. The fourth-order valence-corrected chi connectivity index (χ4v) is 1.96. The van der Waals surface area contributed by atoms with Crippen molar-refractivity contribution < 1.29 is 14.0 Å². The first-order valence-corrected chi connectivity index (χ1v) is 5.63. The second-order valence-corrected chi connectivity index (χ2v) is 4.32. The van der Waals surface area contributed by atoms with Crippen LogP contribution in [0.25, 0.3) is 0 Å². The lowest BCUT2D eigenvalue weighted by Crippen LogP contribution is -2.30. The van der Waals surface area contributed by atoms with E-state index in [-0.39, 0.29) is 11.8 Å². The molecule has 98 valence electrons. The monoisotopic (exact) mass is 252 g/mol. The molecule has 1 fully saturated rings. The molecule has 1 aromatic rings. The minimum absolute atomic E-state index is 0.0334. The van der Waals surface area contributed by atoms with Gasteiger partial charge >= 0.3 is 11.9 Å². The van der Waals surface area contributed by atoms with Crippen molar-refractivity contribution in [2.45, 2.75) is 13.5 Å². The van der Waals surface area contributed by atoms with Crippen molar-refractivity contribution in [2.24, 2.45) is 5.84 Å². The maximum atomic E-state index is 11.7. The zero-order valence-electron chi connectivity index (χ0n) is 10.4. The number of likely N-dealkylation sites (N-methyl/N-ethyl adjacent to an activating group) is 1. The molecule has 1 aliphatic rings. The fourth-order valence-electron chi connectivity index (χ4n) is 1.96. The lowest BCUT2D eigenvalue weighted by atomic mass is 10.2. The number of carbonyl (C=O) groups is 2. The Morgan fingerprint density at radius 2 is 2.28 bits per heavy atom. The molecule has 0 aromatic carbocycles. The molecule has 0 saturated carbocycles. The van der Waals surface area contributed by atoms with Crippen LogP contribution in [-0.2, 0) is 6.54 Å². The summed E-state index contributed by atoms with van der Waals surface area (Å²) in [4.78, 5) is 26.4. The van der Waals surface area contributed by atoms with Crippen LogP contribution in [0, 0.1) is 6.92 Å². The normalized spacial score (nSPS) is 15.4. The van der Waals surface area contributed by atoms with Crippen molar-refractivity contribution in [1.82, 2.24) is 15.2 Å². The van der Waals surface area contributed by atoms with E-state index in [2.05, 4.69) is 0 Å². The number of furan rings is 1. The van der Waals surface area contributed by atoms with Crippen LogP contribution in [0.3, 0.4) is 0 Å². The van der Waals surface area contributed by atoms with E-state index in [1.807, 2.05) is 5.43 Å². The van der Waals surface area contributed by atoms with Crippen LogP contribution in [0.15, 0.2) is 10.5 Å². The van der Waals surface area contributed by atoms with Gasteiger partial charge in [0.05, 0.1) is 6.54 Å². The minimum Gasteiger partial charge on any atom is -0.454 e. The SMILES string of the molecule is Cc1cc(CN2CCN(C)C2=O)oc1C(=O)NN. The number of hydrogen-bond acceptors (Lipinski definition) is 4. The van der Waals surface area contributed by atoms with Gasteiger partial charge in [0.1, 0.15) is 5.76 Å². The van der Waals surface area contributed by atoms with Crippen molar-refractivity contribution in [3.63, 3.8) is 0 Å². The Kier molecular flexibility index (Phi) is 3.24. The van der Waals surface area contributed by atoms with E-state index >= 15 is 0 Å². The second kappa shape index (κ2) is 4.69. The summed E-state index contributed by atoms with van der Waals surface area (Å²) < 4.78 is 5.41. The van der Waals surface area contributed by atoms with Crippen molar-refractivity contribution >= 4 is 11.9 Å². The molecule has 0 spiro atoms. The van der Waals surface area contributed by atoms with Crippen molar-refractivity contribution in [3.05, 3.63) is 23.2 Å². The van der Waals surface area contributed by atoms with Crippen LogP contribution < -0.4 is 11.3 Å². The summed E-state index contributed by atoms with van der Waals surface area (Å²) >= 11 is 0. The lowest BCUT2D eigenvalue weighted by Gasteiger charge is -2.13. The van der Waals surface area contributed by atoms with Crippen molar-refractivity contribution in [2.75, 3.05) is 20.1 Å². The summed E-state index contributed by atoms with van der Waals surface area (Å²) in [5, 5.41) is 0. The van der Waals surface area contributed by atoms with E-state index in [0.29, 0.717) is 31.0 Å². The van der Waals surface area contributed by atoms with Crippen LogP contribution in [0.5, 0.6) is 0 Å². The molecule has 0 aliphatic carbocycles. The summed E-state index contributed by atoms with van der Waals surface area (Å²) in [5.41, 5.74) is 2.73. The van der Waals surface area contributed by atoms with Crippen LogP contribution in [0.1, 0.15) is 21.9 Å². The number of hydrogen-bond donors (Lipinski definition) is 2. The average Bonchev–Trinajstić information content (AvgIpc) is 2.86. The van der Waals surface area contributed by atoms with E-state index in [1.54, 1.807) is 29.8 Å². The molecule has 1 aromatic heterocycles. The lowest BCUT2D eigenvalue weighted by molar-refractivity contribution is 0.0922. The largest absolute Gasteiger partial charge is 0.454 e. The van der Waals surface area contributed by atoms with Crippen molar-refractivity contribution in [3.8, 4) is 0 Å². The number of nitrogen functional groups attached to an aromatic ring is 1. The van der Waals surface area contributed by atoms with Gasteiger partial charge in [0, 0.05) is 25.7 Å². The maximum absolute atomic E-state index is 11.7. The third-order valence-corrected chi connectivity index (χ3v) is 2.96. The van der Waals surface area contributed by atoms with Crippen LogP contribution in [-0.4, -0.2) is 41.9 Å². The number of aryl methyl sites for hydroxylation is 1. The van der Waals surface area contributed by atoms with Gasteiger partial charge in [-0.05, 0) is 13.0 Å². The zero-order chi connectivity index (χ0) is 13.3. The molecule has 1 aliphatic heterocycles. The Bertz CT molecular complexity index is 483. The molecule has 0 unspecified atom stereocenters. The second-order valence-electron chi connectivity index (χ2n) is 4.32. The van der Waals surface area contributed by atoms with E-state index in [1.165, 1.54) is 0 Å². The van der Waals surface area contributed by atoms with Crippen LogP contribution in [0.4, 0.5) is 4.79 Å². The van der Waals surface area contributed by atoms with Gasteiger partial charge in [0.2, 0.25) is 0 Å². The van der Waals surface area contributed by atoms with Crippen LogP contribution >= 0.6 is 0 Å². The quantitative estimate of drug-likeness (QED) is 0.452. The Balaban J connectivity index is 2.11. The molecule has 2 heterocycles. The predicted molar refractivity (Wildman–Crippen MR) is 63.5 cm³/mol. The molecule has 0 atom stereocenters. The number of hydrazine groups is 1. The Morgan fingerprint density at radius 1 is 1.56 bits per heavy atom. The summed E-state index contributed by atoms with van der Waals surface area (Å²) in [6, 6.07) is 1.71. The Labute approximate surface area is 104 Å². The first-order chi connectivity index (χ1) is 8.52.